The van der Waals surface area contributed by atoms with Crippen LogP contribution in [0.15, 0.2) is 66.7 Å². The largest absolute Gasteiger partial charge is 0.349 e. The first-order valence-electron chi connectivity index (χ1n) is 12.6. The van der Waals surface area contributed by atoms with Gasteiger partial charge in [0.1, 0.15) is 11.4 Å². The molecule has 5 rings (SSSR count). The predicted octanol–water partition coefficient (Wildman–Crippen LogP) is 5.28. The van der Waals surface area contributed by atoms with Crippen LogP contribution in [0.25, 0.3) is 0 Å². The molecule has 1 saturated carbocycles. The van der Waals surface area contributed by atoms with Gasteiger partial charge in [-0.05, 0) is 85.0 Å². The van der Waals surface area contributed by atoms with Gasteiger partial charge in [-0.1, -0.05) is 30.3 Å². The normalized spacial score (nSPS) is 16.6. The van der Waals surface area contributed by atoms with Crippen molar-refractivity contribution in [3.8, 4) is 0 Å². The monoisotopic (exact) mass is 519 g/mol. The fraction of sp³-hybridized carbons (Fsp3) is 0.310. The van der Waals surface area contributed by atoms with E-state index in [-0.39, 0.29) is 28.7 Å². The predicted molar refractivity (Wildman–Crippen MR) is 137 cm³/mol. The molecule has 2 amide bonds. The maximum atomic E-state index is 13.9. The minimum absolute atomic E-state index is 0.0252. The van der Waals surface area contributed by atoms with Crippen molar-refractivity contribution in [2.75, 3.05) is 13.1 Å². The van der Waals surface area contributed by atoms with Crippen LogP contribution in [0.3, 0.4) is 0 Å². The highest BCUT2D eigenvalue weighted by Crippen LogP contribution is 2.49. The SMILES string of the molecule is O=C(NC1CC2(CCN(C(=O)c3ccc(Cc4cccc(F)c4)cc3)CC2)C1)c1cccc(F)c1[N+](=O)[O-]. The number of rotatable bonds is 6. The first kappa shape index (κ1) is 25.5. The summed E-state index contributed by atoms with van der Waals surface area (Å²) < 4.78 is 27.3. The number of hydrogen-bond acceptors (Lipinski definition) is 4. The second kappa shape index (κ2) is 10.3. The van der Waals surface area contributed by atoms with Crippen LogP contribution in [0.5, 0.6) is 0 Å². The van der Waals surface area contributed by atoms with Crippen molar-refractivity contribution in [2.45, 2.75) is 38.1 Å². The molecular formula is C29H27F2N3O4. The fourth-order valence-electron chi connectivity index (χ4n) is 5.66. The third-order valence-corrected chi connectivity index (χ3v) is 7.72. The van der Waals surface area contributed by atoms with Gasteiger partial charge in [0, 0.05) is 24.7 Å². The molecule has 0 aromatic heterocycles. The lowest BCUT2D eigenvalue weighted by molar-refractivity contribution is -0.387. The maximum absolute atomic E-state index is 13.9. The summed E-state index contributed by atoms with van der Waals surface area (Å²) in [6.45, 7) is 1.22. The number of halogens is 2. The van der Waals surface area contributed by atoms with Crippen LogP contribution in [0.2, 0.25) is 0 Å². The van der Waals surface area contributed by atoms with Gasteiger partial charge in [-0.25, -0.2) is 4.39 Å². The minimum atomic E-state index is -1.04. The number of nitro benzene ring substituents is 1. The molecule has 1 aliphatic heterocycles. The van der Waals surface area contributed by atoms with Crippen LogP contribution in [0, 0.1) is 27.2 Å². The van der Waals surface area contributed by atoms with Gasteiger partial charge in [-0.2, -0.15) is 4.39 Å². The number of para-hydroxylation sites is 1. The summed E-state index contributed by atoms with van der Waals surface area (Å²) >= 11 is 0. The molecule has 1 aliphatic carbocycles. The number of piperidine rings is 1. The molecule has 3 aromatic rings. The van der Waals surface area contributed by atoms with E-state index in [0.717, 1.165) is 42.9 Å². The summed E-state index contributed by atoms with van der Waals surface area (Å²) in [7, 11) is 0. The van der Waals surface area contributed by atoms with Crippen molar-refractivity contribution >= 4 is 17.5 Å². The van der Waals surface area contributed by atoms with E-state index in [1.165, 1.54) is 24.3 Å². The van der Waals surface area contributed by atoms with Crippen molar-refractivity contribution in [2.24, 2.45) is 5.41 Å². The topological polar surface area (TPSA) is 92.6 Å². The van der Waals surface area contributed by atoms with Crippen LogP contribution in [0.4, 0.5) is 14.5 Å². The molecule has 7 nitrogen and oxygen atoms in total. The van der Waals surface area contributed by atoms with Gasteiger partial charge in [0.05, 0.1) is 4.92 Å². The highest BCUT2D eigenvalue weighted by atomic mass is 19.1. The number of nitro groups is 1. The Labute approximate surface area is 218 Å². The van der Waals surface area contributed by atoms with Crippen molar-refractivity contribution in [3.05, 3.63) is 111 Å². The Morgan fingerprint density at radius 1 is 0.974 bits per heavy atom. The molecule has 1 saturated heterocycles. The van der Waals surface area contributed by atoms with E-state index < -0.39 is 22.3 Å². The molecule has 1 N–H and O–H groups in total. The van der Waals surface area contributed by atoms with E-state index >= 15 is 0 Å². The molecule has 0 unspecified atom stereocenters. The van der Waals surface area contributed by atoms with Crippen LogP contribution < -0.4 is 5.32 Å². The average Bonchev–Trinajstić information content (AvgIpc) is 2.88. The zero-order valence-electron chi connectivity index (χ0n) is 20.7. The molecule has 9 heteroatoms. The summed E-state index contributed by atoms with van der Waals surface area (Å²) in [5.74, 6) is -1.98. The lowest BCUT2D eigenvalue weighted by Gasteiger charge is -2.52. The number of carbonyl (C=O) groups is 2. The minimum Gasteiger partial charge on any atom is -0.349 e. The molecule has 2 aliphatic rings. The van der Waals surface area contributed by atoms with Crippen molar-refractivity contribution < 1.29 is 23.3 Å². The fourth-order valence-corrected chi connectivity index (χ4v) is 5.66. The average molecular weight is 520 g/mol. The highest BCUT2D eigenvalue weighted by molar-refractivity contribution is 5.98. The molecule has 196 valence electrons. The van der Waals surface area contributed by atoms with E-state index in [1.807, 2.05) is 35.2 Å². The lowest BCUT2D eigenvalue weighted by atomic mass is 9.60. The van der Waals surface area contributed by atoms with Gasteiger partial charge in [0.2, 0.25) is 5.82 Å². The van der Waals surface area contributed by atoms with Crippen molar-refractivity contribution in [3.63, 3.8) is 0 Å². The first-order chi connectivity index (χ1) is 18.2. The van der Waals surface area contributed by atoms with Crippen LogP contribution in [0.1, 0.15) is 57.5 Å². The van der Waals surface area contributed by atoms with Crippen LogP contribution in [-0.2, 0) is 6.42 Å². The summed E-state index contributed by atoms with van der Waals surface area (Å²) in [6.07, 6.45) is 3.64. The number of nitrogens with zero attached hydrogens (tertiary/aromatic N) is 2. The number of likely N-dealkylation sites (tertiary alicyclic amines) is 1. The van der Waals surface area contributed by atoms with Gasteiger partial charge in [-0.3, -0.25) is 19.7 Å². The van der Waals surface area contributed by atoms with E-state index in [2.05, 4.69) is 5.32 Å². The standard InChI is InChI=1S/C29H27F2N3O4/c30-22-4-1-3-20(16-22)15-19-7-9-21(10-8-19)28(36)33-13-11-29(12-14-33)17-23(18-29)32-27(35)24-5-2-6-25(31)26(24)34(37)38/h1-10,16,23H,11-15,17-18H2,(H,32,35). The van der Waals surface area contributed by atoms with Gasteiger partial charge < -0.3 is 10.2 Å². The molecule has 1 spiro atoms. The zero-order valence-corrected chi connectivity index (χ0v) is 20.7. The molecule has 2 fully saturated rings. The Morgan fingerprint density at radius 2 is 1.66 bits per heavy atom. The Balaban J connectivity index is 1.12. The number of nitrogens with one attached hydrogen (secondary N) is 1. The lowest BCUT2D eigenvalue weighted by Crippen LogP contribution is -2.55. The Hall–Kier alpha value is -4.14. The summed E-state index contributed by atoms with van der Waals surface area (Å²) in [5, 5.41) is 14.0. The van der Waals surface area contributed by atoms with E-state index in [9.17, 15) is 28.5 Å². The molecule has 0 bridgehead atoms. The van der Waals surface area contributed by atoms with Crippen molar-refractivity contribution in [1.82, 2.24) is 10.2 Å². The highest BCUT2D eigenvalue weighted by Gasteiger charge is 2.47. The summed E-state index contributed by atoms with van der Waals surface area (Å²) in [5.41, 5.74) is 1.41. The molecule has 38 heavy (non-hydrogen) atoms. The maximum Gasteiger partial charge on any atom is 0.317 e. The van der Waals surface area contributed by atoms with E-state index in [0.29, 0.717) is 25.1 Å². The van der Waals surface area contributed by atoms with Crippen LogP contribution >= 0.6 is 0 Å². The number of benzene rings is 3. The second-order valence-electron chi connectivity index (χ2n) is 10.3. The summed E-state index contributed by atoms with van der Waals surface area (Å²) in [4.78, 5) is 37.8. The molecule has 1 heterocycles. The quantitative estimate of drug-likeness (QED) is 0.354. The van der Waals surface area contributed by atoms with E-state index in [1.54, 1.807) is 6.07 Å². The van der Waals surface area contributed by atoms with Gasteiger partial charge in [0.15, 0.2) is 0 Å². The Morgan fingerprint density at radius 3 is 2.32 bits per heavy atom. The second-order valence-corrected chi connectivity index (χ2v) is 10.3. The van der Waals surface area contributed by atoms with Gasteiger partial charge >= 0.3 is 5.69 Å². The number of hydrogen-bond donors (Lipinski definition) is 1. The Kier molecular flexibility index (Phi) is 6.93. The molecular weight excluding hydrogens is 492 g/mol. The molecule has 0 atom stereocenters. The first-order valence-corrected chi connectivity index (χ1v) is 12.6. The third kappa shape index (κ3) is 5.27. The smallest absolute Gasteiger partial charge is 0.317 e. The van der Waals surface area contributed by atoms with E-state index in [4.69, 9.17) is 0 Å². The molecule has 0 radical (unpaired) electrons. The number of amides is 2. The van der Waals surface area contributed by atoms with Gasteiger partial charge in [-0.15, -0.1) is 0 Å². The zero-order chi connectivity index (χ0) is 26.9. The van der Waals surface area contributed by atoms with Gasteiger partial charge in [0.25, 0.3) is 11.8 Å². The van der Waals surface area contributed by atoms with Crippen LogP contribution in [-0.4, -0.2) is 40.8 Å². The van der Waals surface area contributed by atoms with Crippen molar-refractivity contribution in [1.29, 1.82) is 0 Å². The summed E-state index contributed by atoms with van der Waals surface area (Å²) in [6, 6.07) is 17.2. The number of carbonyl (C=O) groups excluding carboxylic acids is 2. The molecule has 3 aromatic carbocycles. The third-order valence-electron chi connectivity index (χ3n) is 7.72. The Bertz CT molecular complexity index is 1380.